The molecule has 0 saturated carbocycles. The predicted octanol–water partition coefficient (Wildman–Crippen LogP) is 4.23. The zero-order chi connectivity index (χ0) is 18.1. The molecule has 7 nitrogen and oxygen atoms in total. The molecule has 3 aromatic rings. The number of fused-ring (bicyclic) bond motifs is 1. The van der Waals surface area contributed by atoms with Crippen LogP contribution < -0.4 is 24.8 Å². The van der Waals surface area contributed by atoms with E-state index in [1.165, 1.54) is 7.11 Å². The summed E-state index contributed by atoms with van der Waals surface area (Å²) < 4.78 is 29.7. The maximum Gasteiger partial charge on any atom is 0.229 e. The van der Waals surface area contributed by atoms with Gasteiger partial charge in [-0.15, -0.1) is 0 Å². The molecule has 0 saturated heterocycles. The zero-order valence-electron chi connectivity index (χ0n) is 14.0. The molecule has 2 N–H and O–H groups in total. The summed E-state index contributed by atoms with van der Waals surface area (Å²) in [6.45, 7) is 0. The zero-order valence-corrected chi connectivity index (χ0v) is 14.0. The number of rotatable bonds is 6. The fourth-order valence-electron chi connectivity index (χ4n) is 2.44. The molecule has 1 aromatic heterocycles. The van der Waals surface area contributed by atoms with E-state index in [0.717, 1.165) is 23.4 Å². The average molecular weight is 354 g/mol. The second kappa shape index (κ2) is 6.40. The number of methoxy groups -OCH3 is 2. The minimum Gasteiger partial charge on any atom is -0.493 e. The molecule has 2 heterocycles. The molecule has 1 aliphatic heterocycles. The molecule has 0 atom stereocenters. The Labute approximate surface area is 148 Å². The standard InChI is InChI=1S/C18H15FN4O3/c1-24-13-5-3-10(7-15(13)25-2)21-17-12(19)9-20-18(23-17)22-11-4-6-14-16(8-11)26-14/h3-9H,1-2H3,(H2,20,21,22,23). The Balaban J connectivity index is 1.56. The van der Waals surface area contributed by atoms with Crippen molar-refractivity contribution < 1.29 is 18.6 Å². The molecule has 8 heteroatoms. The van der Waals surface area contributed by atoms with E-state index in [1.54, 1.807) is 25.3 Å². The monoisotopic (exact) mass is 354 g/mol. The highest BCUT2D eigenvalue weighted by Crippen LogP contribution is 2.46. The quantitative estimate of drug-likeness (QED) is 0.502. The summed E-state index contributed by atoms with van der Waals surface area (Å²) in [5.74, 6) is 2.49. The van der Waals surface area contributed by atoms with Gasteiger partial charge in [-0.2, -0.15) is 4.98 Å². The second-order valence-corrected chi connectivity index (χ2v) is 5.47. The Bertz CT molecular complexity index is 981. The maximum atomic E-state index is 14.1. The van der Waals surface area contributed by atoms with Crippen molar-refractivity contribution >= 4 is 23.1 Å². The average Bonchev–Trinajstić information content (AvgIpc) is 3.43. The lowest BCUT2D eigenvalue weighted by atomic mass is 10.2. The summed E-state index contributed by atoms with van der Waals surface area (Å²) in [5, 5.41) is 5.94. The van der Waals surface area contributed by atoms with E-state index in [-0.39, 0.29) is 11.8 Å². The third-order valence-electron chi connectivity index (χ3n) is 3.77. The van der Waals surface area contributed by atoms with Gasteiger partial charge >= 0.3 is 0 Å². The van der Waals surface area contributed by atoms with E-state index in [4.69, 9.17) is 14.2 Å². The maximum absolute atomic E-state index is 14.1. The summed E-state index contributed by atoms with van der Waals surface area (Å²) in [4.78, 5) is 8.15. The molecule has 4 rings (SSSR count). The first-order valence-electron chi connectivity index (χ1n) is 7.77. The molecule has 0 radical (unpaired) electrons. The van der Waals surface area contributed by atoms with Gasteiger partial charge in [-0.1, -0.05) is 0 Å². The highest BCUT2D eigenvalue weighted by Gasteiger charge is 2.19. The van der Waals surface area contributed by atoms with Gasteiger partial charge < -0.3 is 24.8 Å². The summed E-state index contributed by atoms with van der Waals surface area (Å²) in [7, 11) is 3.08. The molecule has 132 valence electrons. The van der Waals surface area contributed by atoms with Gasteiger partial charge in [0.05, 0.1) is 20.4 Å². The van der Waals surface area contributed by atoms with Gasteiger partial charge in [0.2, 0.25) is 5.95 Å². The molecule has 1 aliphatic rings. The minimum atomic E-state index is -0.575. The number of hydrogen-bond acceptors (Lipinski definition) is 7. The molecule has 26 heavy (non-hydrogen) atoms. The van der Waals surface area contributed by atoms with E-state index < -0.39 is 5.82 Å². The summed E-state index contributed by atoms with van der Waals surface area (Å²) in [6.07, 6.45) is 1.10. The van der Waals surface area contributed by atoms with Crippen molar-refractivity contribution in [2.24, 2.45) is 0 Å². The first kappa shape index (κ1) is 15.9. The van der Waals surface area contributed by atoms with Crippen LogP contribution in [-0.2, 0) is 0 Å². The molecule has 0 unspecified atom stereocenters. The van der Waals surface area contributed by atoms with Crippen LogP contribution in [0, 0.1) is 5.82 Å². The smallest absolute Gasteiger partial charge is 0.229 e. The Morgan fingerprint density at radius 3 is 2.46 bits per heavy atom. The first-order chi connectivity index (χ1) is 12.7. The van der Waals surface area contributed by atoms with Gasteiger partial charge in [-0.3, -0.25) is 0 Å². The van der Waals surface area contributed by atoms with Crippen molar-refractivity contribution in [2.75, 3.05) is 24.9 Å². The number of halogens is 1. The van der Waals surface area contributed by atoms with Crippen LogP contribution in [0.1, 0.15) is 0 Å². The van der Waals surface area contributed by atoms with Crippen LogP contribution in [0.2, 0.25) is 0 Å². The largest absolute Gasteiger partial charge is 0.493 e. The third-order valence-corrected chi connectivity index (χ3v) is 3.77. The normalized spacial score (nSPS) is 11.2. The lowest BCUT2D eigenvalue weighted by molar-refractivity contribution is 0.355. The van der Waals surface area contributed by atoms with Gasteiger partial charge in [0.1, 0.15) is 0 Å². The van der Waals surface area contributed by atoms with E-state index in [2.05, 4.69) is 20.6 Å². The second-order valence-electron chi connectivity index (χ2n) is 5.47. The molecule has 0 bridgehead atoms. The SMILES string of the molecule is COc1ccc(Nc2nc(Nc3ccc4c(c3)O4)ncc2F)cc1OC. The van der Waals surface area contributed by atoms with Crippen molar-refractivity contribution in [1.82, 2.24) is 9.97 Å². The van der Waals surface area contributed by atoms with Crippen LogP contribution in [-0.4, -0.2) is 24.2 Å². The highest BCUT2D eigenvalue weighted by atomic mass is 19.1. The Morgan fingerprint density at radius 1 is 0.923 bits per heavy atom. The minimum absolute atomic E-state index is 0.0395. The fraction of sp³-hybridized carbons (Fsp3) is 0.111. The van der Waals surface area contributed by atoms with E-state index in [0.29, 0.717) is 17.2 Å². The number of aromatic nitrogens is 2. The van der Waals surface area contributed by atoms with Crippen LogP contribution in [0.15, 0.2) is 42.6 Å². The number of nitrogens with zero attached hydrogens (tertiary/aromatic N) is 2. The van der Waals surface area contributed by atoms with E-state index in [9.17, 15) is 4.39 Å². The van der Waals surface area contributed by atoms with Crippen LogP contribution >= 0.6 is 0 Å². The van der Waals surface area contributed by atoms with Crippen LogP contribution in [0.5, 0.6) is 23.0 Å². The molecule has 0 fully saturated rings. The predicted molar refractivity (Wildman–Crippen MR) is 94.6 cm³/mol. The number of benzene rings is 2. The van der Waals surface area contributed by atoms with Crippen molar-refractivity contribution in [3.63, 3.8) is 0 Å². The van der Waals surface area contributed by atoms with Crippen molar-refractivity contribution in [2.45, 2.75) is 0 Å². The van der Waals surface area contributed by atoms with Crippen LogP contribution in [0.25, 0.3) is 0 Å². The summed E-state index contributed by atoms with van der Waals surface area (Å²) >= 11 is 0. The summed E-state index contributed by atoms with van der Waals surface area (Å²) in [6, 6.07) is 10.6. The first-order valence-corrected chi connectivity index (χ1v) is 7.77. The van der Waals surface area contributed by atoms with Gasteiger partial charge in [0, 0.05) is 23.5 Å². The van der Waals surface area contributed by atoms with Crippen LogP contribution in [0.4, 0.5) is 27.5 Å². The Kier molecular flexibility index (Phi) is 3.92. The van der Waals surface area contributed by atoms with Crippen molar-refractivity contribution in [3.05, 3.63) is 48.4 Å². The Morgan fingerprint density at radius 2 is 1.69 bits per heavy atom. The lowest BCUT2D eigenvalue weighted by Crippen LogP contribution is -2.03. The number of ether oxygens (including phenoxy) is 3. The van der Waals surface area contributed by atoms with Gasteiger partial charge in [0.25, 0.3) is 0 Å². The van der Waals surface area contributed by atoms with Crippen molar-refractivity contribution in [3.8, 4) is 23.0 Å². The third kappa shape index (κ3) is 3.16. The highest BCUT2D eigenvalue weighted by molar-refractivity contribution is 5.67. The van der Waals surface area contributed by atoms with Gasteiger partial charge in [0.15, 0.2) is 34.6 Å². The lowest BCUT2D eigenvalue weighted by Gasteiger charge is -2.12. The van der Waals surface area contributed by atoms with E-state index >= 15 is 0 Å². The van der Waals surface area contributed by atoms with Gasteiger partial charge in [-0.25, -0.2) is 9.37 Å². The molecular formula is C18H15FN4O3. The van der Waals surface area contributed by atoms with Crippen molar-refractivity contribution in [1.29, 1.82) is 0 Å². The topological polar surface area (TPSA) is 80.8 Å². The van der Waals surface area contributed by atoms with Gasteiger partial charge in [-0.05, 0) is 24.3 Å². The Hall–Kier alpha value is -3.55. The molecule has 0 amide bonds. The molecular weight excluding hydrogens is 339 g/mol. The fourth-order valence-corrected chi connectivity index (χ4v) is 2.44. The number of hydrogen-bond donors (Lipinski definition) is 2. The number of anilines is 4. The number of nitrogens with one attached hydrogen (secondary N) is 2. The molecule has 0 spiro atoms. The molecule has 2 aromatic carbocycles. The van der Waals surface area contributed by atoms with E-state index in [1.807, 2.05) is 18.2 Å². The van der Waals surface area contributed by atoms with Crippen LogP contribution in [0.3, 0.4) is 0 Å². The molecule has 0 aliphatic carbocycles. The summed E-state index contributed by atoms with van der Waals surface area (Å²) in [5.41, 5.74) is 1.36.